The van der Waals surface area contributed by atoms with Crippen LogP contribution in [0.3, 0.4) is 0 Å². The van der Waals surface area contributed by atoms with E-state index in [0.717, 1.165) is 6.08 Å². The topological polar surface area (TPSA) is 66.3 Å². The molecule has 14 heavy (non-hydrogen) atoms. The first-order valence-electron chi connectivity index (χ1n) is 4.00. The number of hydrogen-bond acceptors (Lipinski definition) is 4. The Balaban J connectivity index is 2.78. The fraction of sp³-hybridized carbons (Fsp3) is 0.222. The van der Waals surface area contributed by atoms with E-state index in [1.165, 1.54) is 6.08 Å². The fourth-order valence-electron chi connectivity index (χ4n) is 0.816. The number of carboxylic acids is 1. The highest BCUT2D eigenvalue weighted by atomic mass is 16.4. The van der Waals surface area contributed by atoms with E-state index in [2.05, 4.69) is 9.97 Å². The van der Waals surface area contributed by atoms with Gasteiger partial charge in [0.2, 0.25) is 5.95 Å². The highest BCUT2D eigenvalue weighted by Gasteiger charge is 1.97. The first kappa shape index (κ1) is 10.2. The number of aromatic nitrogens is 2. The van der Waals surface area contributed by atoms with Gasteiger partial charge < -0.3 is 10.0 Å². The van der Waals surface area contributed by atoms with Crippen LogP contribution in [0.1, 0.15) is 5.56 Å². The summed E-state index contributed by atoms with van der Waals surface area (Å²) in [5.74, 6) is -0.390. The Morgan fingerprint density at radius 1 is 1.43 bits per heavy atom. The van der Waals surface area contributed by atoms with Crippen LogP contribution in [0.5, 0.6) is 0 Å². The molecule has 0 aliphatic rings. The van der Waals surface area contributed by atoms with Crippen molar-refractivity contribution in [2.24, 2.45) is 0 Å². The Morgan fingerprint density at radius 3 is 2.43 bits per heavy atom. The third-order valence-corrected chi connectivity index (χ3v) is 1.48. The van der Waals surface area contributed by atoms with Crippen LogP contribution in [0.15, 0.2) is 18.5 Å². The molecule has 0 saturated carbocycles. The molecule has 5 heteroatoms. The second-order valence-electron chi connectivity index (χ2n) is 2.88. The molecule has 0 aromatic carbocycles. The molecule has 0 radical (unpaired) electrons. The van der Waals surface area contributed by atoms with Crippen LogP contribution in [0.4, 0.5) is 5.95 Å². The van der Waals surface area contributed by atoms with Crippen molar-refractivity contribution >= 4 is 18.0 Å². The van der Waals surface area contributed by atoms with Crippen LogP contribution in [0.2, 0.25) is 0 Å². The Labute approximate surface area is 81.7 Å². The third-order valence-electron chi connectivity index (χ3n) is 1.48. The Bertz CT molecular complexity index is 344. The summed E-state index contributed by atoms with van der Waals surface area (Å²) >= 11 is 0. The molecule has 1 aromatic rings. The van der Waals surface area contributed by atoms with Gasteiger partial charge in [0.25, 0.3) is 0 Å². The molecule has 1 aromatic heterocycles. The summed E-state index contributed by atoms with van der Waals surface area (Å²) < 4.78 is 0. The van der Waals surface area contributed by atoms with Gasteiger partial charge in [-0.15, -0.1) is 0 Å². The molecule has 74 valence electrons. The lowest BCUT2D eigenvalue weighted by Gasteiger charge is -2.08. The van der Waals surface area contributed by atoms with Crippen molar-refractivity contribution in [3.63, 3.8) is 0 Å². The number of rotatable bonds is 3. The smallest absolute Gasteiger partial charge is 0.328 e. The molecule has 0 amide bonds. The zero-order valence-corrected chi connectivity index (χ0v) is 8.01. The lowest BCUT2D eigenvalue weighted by Crippen LogP contribution is -2.12. The summed E-state index contributed by atoms with van der Waals surface area (Å²) in [7, 11) is 3.67. The van der Waals surface area contributed by atoms with Crippen molar-refractivity contribution in [3.05, 3.63) is 24.0 Å². The molecule has 1 heterocycles. The van der Waals surface area contributed by atoms with Gasteiger partial charge >= 0.3 is 5.97 Å². The van der Waals surface area contributed by atoms with Gasteiger partial charge in [0.1, 0.15) is 0 Å². The number of hydrogen-bond donors (Lipinski definition) is 1. The lowest BCUT2D eigenvalue weighted by molar-refractivity contribution is -0.131. The predicted molar refractivity (Wildman–Crippen MR) is 53.0 cm³/mol. The highest BCUT2D eigenvalue weighted by Crippen LogP contribution is 2.04. The molecule has 0 bridgehead atoms. The third kappa shape index (κ3) is 2.85. The minimum atomic E-state index is -0.985. The van der Waals surface area contributed by atoms with E-state index >= 15 is 0 Å². The van der Waals surface area contributed by atoms with Crippen LogP contribution < -0.4 is 4.90 Å². The molecule has 1 rings (SSSR count). The minimum Gasteiger partial charge on any atom is -0.478 e. The van der Waals surface area contributed by atoms with Crippen LogP contribution in [-0.4, -0.2) is 35.1 Å². The Kier molecular flexibility index (Phi) is 3.17. The summed E-state index contributed by atoms with van der Waals surface area (Å²) in [4.78, 5) is 20.0. The molecule has 0 saturated heterocycles. The van der Waals surface area contributed by atoms with E-state index in [-0.39, 0.29) is 0 Å². The van der Waals surface area contributed by atoms with Crippen molar-refractivity contribution in [1.29, 1.82) is 0 Å². The lowest BCUT2D eigenvalue weighted by atomic mass is 10.3. The number of nitrogens with zero attached hydrogens (tertiary/aromatic N) is 3. The van der Waals surface area contributed by atoms with Gasteiger partial charge in [0, 0.05) is 38.1 Å². The number of carboxylic acid groups (broad SMARTS) is 1. The fourth-order valence-corrected chi connectivity index (χ4v) is 0.816. The van der Waals surface area contributed by atoms with Crippen molar-refractivity contribution in [2.75, 3.05) is 19.0 Å². The summed E-state index contributed by atoms with van der Waals surface area (Å²) in [6, 6.07) is 0. The highest BCUT2D eigenvalue weighted by molar-refractivity contribution is 5.85. The first-order valence-corrected chi connectivity index (χ1v) is 4.00. The second kappa shape index (κ2) is 4.36. The van der Waals surface area contributed by atoms with Crippen LogP contribution in [0, 0.1) is 0 Å². The number of anilines is 1. The van der Waals surface area contributed by atoms with Gasteiger partial charge in [-0.25, -0.2) is 14.8 Å². The second-order valence-corrected chi connectivity index (χ2v) is 2.88. The number of aliphatic carboxylic acids is 1. The summed E-state index contributed by atoms with van der Waals surface area (Å²) in [6.07, 6.45) is 5.64. The maximum absolute atomic E-state index is 10.2. The average molecular weight is 193 g/mol. The molecule has 0 fully saturated rings. The number of carbonyl (C=O) groups is 1. The predicted octanol–water partition coefficient (Wildman–Crippen LogP) is 0.640. The monoisotopic (exact) mass is 193 g/mol. The molecule has 0 spiro atoms. The van der Waals surface area contributed by atoms with Gasteiger partial charge in [-0.3, -0.25) is 0 Å². The van der Waals surface area contributed by atoms with E-state index in [1.807, 2.05) is 14.1 Å². The zero-order chi connectivity index (χ0) is 10.6. The van der Waals surface area contributed by atoms with Crippen molar-refractivity contribution in [2.45, 2.75) is 0 Å². The van der Waals surface area contributed by atoms with Crippen LogP contribution >= 0.6 is 0 Å². The Hall–Kier alpha value is -1.91. The summed E-state index contributed by atoms with van der Waals surface area (Å²) in [6.45, 7) is 0. The maximum atomic E-state index is 10.2. The Morgan fingerprint density at radius 2 is 2.00 bits per heavy atom. The van der Waals surface area contributed by atoms with Crippen molar-refractivity contribution in [1.82, 2.24) is 9.97 Å². The molecule has 0 atom stereocenters. The van der Waals surface area contributed by atoms with Crippen molar-refractivity contribution in [3.8, 4) is 0 Å². The van der Waals surface area contributed by atoms with Gasteiger partial charge in [0.15, 0.2) is 0 Å². The summed E-state index contributed by atoms with van der Waals surface area (Å²) in [5, 5.41) is 8.38. The quantitative estimate of drug-likeness (QED) is 0.713. The van der Waals surface area contributed by atoms with E-state index in [1.54, 1.807) is 17.3 Å². The molecule has 1 N–H and O–H groups in total. The molecule has 0 unspecified atom stereocenters. The minimum absolute atomic E-state index is 0.595. The maximum Gasteiger partial charge on any atom is 0.328 e. The molecular weight excluding hydrogens is 182 g/mol. The van der Waals surface area contributed by atoms with Crippen LogP contribution in [-0.2, 0) is 4.79 Å². The van der Waals surface area contributed by atoms with E-state index in [9.17, 15) is 4.79 Å². The molecule has 0 aliphatic heterocycles. The van der Waals surface area contributed by atoms with E-state index < -0.39 is 5.97 Å². The molecular formula is C9H11N3O2. The normalized spacial score (nSPS) is 10.4. The van der Waals surface area contributed by atoms with E-state index in [4.69, 9.17) is 5.11 Å². The largest absolute Gasteiger partial charge is 0.478 e. The van der Waals surface area contributed by atoms with Gasteiger partial charge in [-0.1, -0.05) is 0 Å². The molecule has 5 nitrogen and oxygen atoms in total. The van der Waals surface area contributed by atoms with E-state index in [0.29, 0.717) is 11.5 Å². The van der Waals surface area contributed by atoms with Gasteiger partial charge in [-0.2, -0.15) is 0 Å². The van der Waals surface area contributed by atoms with Crippen molar-refractivity contribution < 1.29 is 9.90 Å². The van der Waals surface area contributed by atoms with Gasteiger partial charge in [0.05, 0.1) is 0 Å². The molecule has 0 aliphatic carbocycles. The average Bonchev–Trinajstić information content (AvgIpc) is 2.15. The zero-order valence-electron chi connectivity index (χ0n) is 8.01. The van der Waals surface area contributed by atoms with Crippen LogP contribution in [0.25, 0.3) is 6.08 Å². The standard InChI is InChI=1S/C9H11N3O2/c1-12(2)9-10-5-7(6-11-9)3-4-8(13)14/h3-6H,1-2H3,(H,13,14). The SMILES string of the molecule is CN(C)c1ncc(C=CC(=O)O)cn1. The summed E-state index contributed by atoms with van der Waals surface area (Å²) in [5.41, 5.74) is 0.665. The van der Waals surface area contributed by atoms with Gasteiger partial charge in [-0.05, 0) is 6.08 Å². The first-order chi connectivity index (χ1) is 6.59.